The summed E-state index contributed by atoms with van der Waals surface area (Å²) in [5.74, 6) is 0.462. The summed E-state index contributed by atoms with van der Waals surface area (Å²) in [6.45, 7) is 6.01. The third-order valence-electron chi connectivity index (χ3n) is 6.72. The second-order valence-corrected chi connectivity index (χ2v) is 10.2. The van der Waals surface area contributed by atoms with Crippen molar-refractivity contribution >= 4 is 22.5 Å². The zero-order valence-corrected chi connectivity index (χ0v) is 19.5. The number of carbonyl (C=O) groups is 1. The number of carbonyl (C=O) groups excluding carboxylic acids is 1. The molecule has 0 spiro atoms. The first-order valence-corrected chi connectivity index (χ1v) is 11.5. The van der Waals surface area contributed by atoms with E-state index in [1.165, 1.54) is 6.07 Å². The molecule has 2 heterocycles. The van der Waals surface area contributed by atoms with Gasteiger partial charge in [0.05, 0.1) is 35.9 Å². The highest BCUT2D eigenvalue weighted by Gasteiger charge is 2.52. The van der Waals surface area contributed by atoms with Crippen LogP contribution in [0.15, 0.2) is 36.4 Å². The molecule has 1 fully saturated rings. The number of benzene rings is 2. The molecular formula is C26H31FN2O5. The molecular weight excluding hydrogens is 439 g/mol. The van der Waals surface area contributed by atoms with Crippen molar-refractivity contribution < 1.29 is 30.3 Å². The van der Waals surface area contributed by atoms with E-state index in [0.29, 0.717) is 29.9 Å². The van der Waals surface area contributed by atoms with Crippen LogP contribution >= 0.6 is 0 Å². The van der Waals surface area contributed by atoms with Crippen LogP contribution in [0, 0.1) is 5.82 Å². The third kappa shape index (κ3) is 3.80. The largest absolute Gasteiger partial charge is 0.454 e. The van der Waals surface area contributed by atoms with Gasteiger partial charge in [-0.3, -0.25) is 4.79 Å². The van der Waals surface area contributed by atoms with E-state index in [-0.39, 0.29) is 38.4 Å². The van der Waals surface area contributed by atoms with Gasteiger partial charge in [-0.25, -0.2) is 4.39 Å². The van der Waals surface area contributed by atoms with E-state index in [4.69, 9.17) is 9.47 Å². The third-order valence-corrected chi connectivity index (χ3v) is 6.72. The molecule has 1 saturated carbocycles. The SMILES string of the molecule is CC(C)(C)c1cc2cc(NC(=O)C3(c4ccc5c(c4)OCO5)CC3)c(F)cc2n1C[C@@H](O)CO.[HH]. The van der Waals surface area contributed by atoms with E-state index >= 15 is 4.39 Å². The minimum absolute atomic E-state index is 0. The van der Waals surface area contributed by atoms with Crippen molar-refractivity contribution in [1.82, 2.24) is 4.57 Å². The molecule has 1 aromatic heterocycles. The van der Waals surface area contributed by atoms with E-state index in [2.05, 4.69) is 5.32 Å². The second kappa shape index (κ2) is 7.99. The number of ether oxygens (including phenoxy) is 2. The molecule has 8 heteroatoms. The molecule has 0 saturated heterocycles. The molecule has 1 aliphatic heterocycles. The van der Waals surface area contributed by atoms with Gasteiger partial charge in [0, 0.05) is 24.0 Å². The average molecular weight is 471 g/mol. The molecule has 34 heavy (non-hydrogen) atoms. The first kappa shape index (κ1) is 22.7. The van der Waals surface area contributed by atoms with Crippen molar-refractivity contribution in [2.45, 2.75) is 57.1 Å². The van der Waals surface area contributed by atoms with E-state index in [9.17, 15) is 15.0 Å². The summed E-state index contributed by atoms with van der Waals surface area (Å²) in [4.78, 5) is 13.3. The van der Waals surface area contributed by atoms with Crippen LogP contribution in [0.2, 0.25) is 0 Å². The highest BCUT2D eigenvalue weighted by atomic mass is 19.1. The topological polar surface area (TPSA) is 93.0 Å². The molecule has 3 N–H and O–H groups in total. The standard InChI is InChI=1S/C26H29FN2O5.H2/c1-25(2,3)23-9-15-8-19(18(27)11-20(15)29(23)12-17(31)13-30)28-24(32)26(6-7-26)16-4-5-21-22(10-16)34-14-33-21;/h4-5,8-11,17,30-31H,6-7,12-14H2,1-3H3,(H,28,32);1H/t17-;/m1./s1. The monoisotopic (exact) mass is 470 g/mol. The Kier molecular flexibility index (Phi) is 5.33. The van der Waals surface area contributed by atoms with Gasteiger partial charge in [-0.2, -0.15) is 0 Å². The number of aliphatic hydroxyl groups is 2. The van der Waals surface area contributed by atoms with E-state index in [1.54, 1.807) is 12.1 Å². The Morgan fingerprint density at radius 2 is 1.94 bits per heavy atom. The summed E-state index contributed by atoms with van der Waals surface area (Å²) < 4.78 is 27.8. The predicted molar refractivity (Wildman–Crippen MR) is 128 cm³/mol. The lowest BCUT2D eigenvalue weighted by Gasteiger charge is -2.23. The highest BCUT2D eigenvalue weighted by Crippen LogP contribution is 2.51. The number of nitrogens with one attached hydrogen (secondary N) is 1. The van der Waals surface area contributed by atoms with Crippen molar-refractivity contribution in [3.8, 4) is 11.5 Å². The highest BCUT2D eigenvalue weighted by molar-refractivity contribution is 6.02. The average Bonchev–Trinajstić information content (AvgIpc) is 3.35. The van der Waals surface area contributed by atoms with Gasteiger partial charge in [0.1, 0.15) is 5.82 Å². The maximum atomic E-state index is 15.2. The van der Waals surface area contributed by atoms with Crippen molar-refractivity contribution in [2.75, 3.05) is 18.7 Å². The number of hydrogen-bond acceptors (Lipinski definition) is 5. The number of rotatable bonds is 6. The smallest absolute Gasteiger partial charge is 0.235 e. The molecule has 2 aromatic carbocycles. The van der Waals surface area contributed by atoms with Gasteiger partial charge < -0.3 is 29.6 Å². The van der Waals surface area contributed by atoms with Crippen LogP contribution in [0.1, 0.15) is 46.3 Å². The zero-order chi connectivity index (χ0) is 24.3. The molecule has 7 nitrogen and oxygen atoms in total. The van der Waals surface area contributed by atoms with Gasteiger partial charge in [-0.15, -0.1) is 0 Å². The van der Waals surface area contributed by atoms with Crippen LogP contribution in [0.25, 0.3) is 10.9 Å². The first-order valence-electron chi connectivity index (χ1n) is 11.5. The molecule has 3 aromatic rings. The summed E-state index contributed by atoms with van der Waals surface area (Å²) >= 11 is 0. The van der Waals surface area contributed by atoms with Gasteiger partial charge in [-0.1, -0.05) is 26.8 Å². The van der Waals surface area contributed by atoms with Crippen LogP contribution in [-0.2, 0) is 22.2 Å². The molecule has 5 rings (SSSR count). The van der Waals surface area contributed by atoms with Gasteiger partial charge in [0.25, 0.3) is 0 Å². The number of hydrogen-bond donors (Lipinski definition) is 3. The molecule has 1 atom stereocenters. The van der Waals surface area contributed by atoms with E-state index in [1.807, 2.05) is 43.5 Å². The predicted octanol–water partition coefficient (Wildman–Crippen LogP) is 4.08. The number of amides is 1. The van der Waals surface area contributed by atoms with Gasteiger partial charge in [0.2, 0.25) is 12.7 Å². The van der Waals surface area contributed by atoms with Crippen LogP contribution in [0.3, 0.4) is 0 Å². The molecule has 1 amide bonds. The zero-order valence-electron chi connectivity index (χ0n) is 19.5. The Morgan fingerprint density at radius 1 is 1.21 bits per heavy atom. The maximum Gasteiger partial charge on any atom is 0.235 e. The van der Waals surface area contributed by atoms with Gasteiger partial charge in [0.15, 0.2) is 11.5 Å². The summed E-state index contributed by atoms with van der Waals surface area (Å²) in [5, 5.41) is 22.9. The van der Waals surface area contributed by atoms with Gasteiger partial charge >= 0.3 is 0 Å². The number of anilines is 1. The normalized spacial score (nSPS) is 17.1. The fourth-order valence-electron chi connectivity index (χ4n) is 4.67. The Bertz CT molecular complexity index is 1280. The van der Waals surface area contributed by atoms with Crippen LogP contribution in [0.4, 0.5) is 10.1 Å². The van der Waals surface area contributed by atoms with Crippen molar-refractivity contribution in [3.63, 3.8) is 0 Å². The summed E-state index contributed by atoms with van der Waals surface area (Å²) in [7, 11) is 0. The number of aromatic nitrogens is 1. The van der Waals surface area contributed by atoms with Crippen LogP contribution < -0.4 is 14.8 Å². The number of nitrogens with zero attached hydrogens (tertiary/aromatic N) is 1. The minimum atomic E-state index is -0.962. The minimum Gasteiger partial charge on any atom is -0.454 e. The summed E-state index contributed by atoms with van der Waals surface area (Å²) in [5.41, 5.74) is 1.46. The summed E-state index contributed by atoms with van der Waals surface area (Å²) in [6, 6.07) is 10.5. The Hall–Kier alpha value is -3.10. The molecule has 0 unspecified atom stereocenters. The lowest BCUT2D eigenvalue weighted by Crippen LogP contribution is -2.28. The number of aliphatic hydroxyl groups excluding tert-OH is 2. The Balaban J connectivity index is 0.00000289. The molecule has 0 radical (unpaired) electrons. The first-order chi connectivity index (χ1) is 16.1. The number of fused-ring (bicyclic) bond motifs is 2. The molecule has 2 aliphatic rings. The van der Waals surface area contributed by atoms with Crippen molar-refractivity contribution in [3.05, 3.63) is 53.5 Å². The quantitative estimate of drug-likeness (QED) is 0.505. The lowest BCUT2D eigenvalue weighted by molar-refractivity contribution is -0.118. The van der Waals surface area contributed by atoms with Crippen molar-refractivity contribution in [1.29, 1.82) is 0 Å². The second-order valence-electron chi connectivity index (χ2n) is 10.2. The van der Waals surface area contributed by atoms with E-state index < -0.39 is 17.3 Å². The number of halogens is 1. The molecule has 0 bridgehead atoms. The van der Waals surface area contributed by atoms with Gasteiger partial charge in [-0.05, 0) is 42.7 Å². The summed E-state index contributed by atoms with van der Waals surface area (Å²) in [6.07, 6.45) is 0.383. The lowest BCUT2D eigenvalue weighted by atomic mass is 9.92. The van der Waals surface area contributed by atoms with E-state index in [0.717, 1.165) is 16.6 Å². The van der Waals surface area contributed by atoms with Crippen molar-refractivity contribution in [2.24, 2.45) is 0 Å². The van der Waals surface area contributed by atoms with Crippen LogP contribution in [0.5, 0.6) is 11.5 Å². The maximum absolute atomic E-state index is 15.2. The van der Waals surface area contributed by atoms with Crippen LogP contribution in [-0.4, -0.2) is 40.2 Å². The fraction of sp³-hybridized carbons (Fsp3) is 0.423. The Morgan fingerprint density at radius 3 is 2.62 bits per heavy atom. The molecule has 1 aliphatic carbocycles. The Labute approximate surface area is 198 Å². The molecule has 182 valence electrons. The fourth-order valence-corrected chi connectivity index (χ4v) is 4.67.